The van der Waals surface area contributed by atoms with Crippen LogP contribution in [0.15, 0.2) is 41.4 Å². The minimum Gasteiger partial charge on any atom is -0.330 e. The molecular formula is C17H18F3N3O3S. The van der Waals surface area contributed by atoms with Gasteiger partial charge in [0.25, 0.3) is 15.7 Å². The predicted octanol–water partition coefficient (Wildman–Crippen LogP) is 3.08. The second-order valence-electron chi connectivity index (χ2n) is 6.36. The molecule has 1 amide bonds. The average molecular weight is 401 g/mol. The van der Waals surface area contributed by atoms with Gasteiger partial charge in [-0.3, -0.25) is 9.48 Å². The van der Waals surface area contributed by atoms with Gasteiger partial charge >= 0.3 is 5.51 Å². The molecule has 10 heteroatoms. The molecule has 0 saturated carbocycles. The normalized spacial score (nSPS) is 18.5. The van der Waals surface area contributed by atoms with Crippen molar-refractivity contribution >= 4 is 15.7 Å². The van der Waals surface area contributed by atoms with Crippen LogP contribution < -0.4 is 0 Å². The number of rotatable bonds is 3. The molecule has 1 aliphatic heterocycles. The lowest BCUT2D eigenvalue weighted by molar-refractivity contribution is -0.0436. The van der Waals surface area contributed by atoms with Crippen LogP contribution in [0.1, 0.15) is 41.4 Å². The van der Waals surface area contributed by atoms with E-state index in [1.165, 1.54) is 0 Å². The number of piperidine rings is 1. The molecule has 2 aromatic rings. The van der Waals surface area contributed by atoms with Gasteiger partial charge in [-0.2, -0.15) is 18.3 Å². The molecule has 27 heavy (non-hydrogen) atoms. The predicted molar refractivity (Wildman–Crippen MR) is 90.5 cm³/mol. The number of hydrogen-bond donors (Lipinski definition) is 0. The number of alkyl halides is 3. The zero-order chi connectivity index (χ0) is 19.8. The fourth-order valence-electron chi connectivity index (χ4n) is 3.27. The Hall–Kier alpha value is -2.36. The first-order chi connectivity index (χ1) is 12.6. The fourth-order valence-corrected chi connectivity index (χ4v) is 4.03. The monoisotopic (exact) mass is 401 g/mol. The number of halogens is 3. The summed E-state index contributed by atoms with van der Waals surface area (Å²) in [5.74, 6) is -0.350. The SMILES string of the molecule is Cn1nccc1[C@@H]1CCCCN1C(=O)c1ccc(S(=O)(=O)C(F)(F)F)cc1. The number of carbonyl (C=O) groups excluding carboxylic acids is 1. The number of carbonyl (C=O) groups is 1. The molecular weight excluding hydrogens is 383 g/mol. The first-order valence-electron chi connectivity index (χ1n) is 8.33. The van der Waals surface area contributed by atoms with Crippen LogP contribution in [0.3, 0.4) is 0 Å². The Morgan fingerprint density at radius 2 is 1.81 bits per heavy atom. The third-order valence-corrected chi connectivity index (χ3v) is 6.18. The third-order valence-electron chi connectivity index (χ3n) is 4.68. The van der Waals surface area contributed by atoms with E-state index in [0.717, 1.165) is 49.2 Å². The maximum atomic E-state index is 12.9. The molecule has 1 aliphatic rings. The summed E-state index contributed by atoms with van der Waals surface area (Å²) in [6.45, 7) is 0.511. The van der Waals surface area contributed by atoms with E-state index in [2.05, 4.69) is 5.10 Å². The Balaban J connectivity index is 1.88. The van der Waals surface area contributed by atoms with Crippen molar-refractivity contribution in [3.05, 3.63) is 47.8 Å². The average Bonchev–Trinajstić information content (AvgIpc) is 3.06. The quantitative estimate of drug-likeness (QED) is 0.792. The van der Waals surface area contributed by atoms with Crippen LogP contribution >= 0.6 is 0 Å². The van der Waals surface area contributed by atoms with Crippen LogP contribution in [0.5, 0.6) is 0 Å². The number of nitrogens with zero attached hydrogens (tertiary/aromatic N) is 3. The maximum Gasteiger partial charge on any atom is 0.501 e. The summed E-state index contributed by atoms with van der Waals surface area (Å²) in [6, 6.07) is 5.52. The molecule has 1 aromatic carbocycles. The zero-order valence-corrected chi connectivity index (χ0v) is 15.3. The third kappa shape index (κ3) is 3.58. The van der Waals surface area contributed by atoms with Crippen molar-refractivity contribution in [1.29, 1.82) is 0 Å². The van der Waals surface area contributed by atoms with Gasteiger partial charge in [0.2, 0.25) is 0 Å². The van der Waals surface area contributed by atoms with Crippen molar-refractivity contribution in [3.63, 3.8) is 0 Å². The van der Waals surface area contributed by atoms with Crippen molar-refractivity contribution in [3.8, 4) is 0 Å². The Kier molecular flexibility index (Phi) is 5.02. The van der Waals surface area contributed by atoms with E-state index < -0.39 is 20.2 Å². The molecule has 2 heterocycles. The van der Waals surface area contributed by atoms with Crippen molar-refractivity contribution in [2.45, 2.75) is 35.7 Å². The lowest BCUT2D eigenvalue weighted by Gasteiger charge is -2.35. The number of likely N-dealkylation sites (tertiary alicyclic amines) is 1. The van der Waals surface area contributed by atoms with Gasteiger partial charge in [-0.25, -0.2) is 8.42 Å². The molecule has 1 fully saturated rings. The summed E-state index contributed by atoms with van der Waals surface area (Å²) in [6.07, 6.45) is 4.16. The molecule has 0 N–H and O–H groups in total. The lowest BCUT2D eigenvalue weighted by Crippen LogP contribution is -2.39. The van der Waals surface area contributed by atoms with E-state index in [9.17, 15) is 26.4 Å². The smallest absolute Gasteiger partial charge is 0.330 e. The van der Waals surface area contributed by atoms with Crippen LogP contribution in [0.25, 0.3) is 0 Å². The van der Waals surface area contributed by atoms with E-state index in [4.69, 9.17) is 0 Å². The number of aryl methyl sites for hydroxylation is 1. The number of hydrogen-bond acceptors (Lipinski definition) is 4. The van der Waals surface area contributed by atoms with Gasteiger partial charge in [-0.1, -0.05) is 0 Å². The standard InChI is InChI=1S/C17H18F3N3O3S/c1-22-14(9-10-21-22)15-4-2-3-11-23(15)16(24)12-5-7-13(8-6-12)27(25,26)17(18,19)20/h5-10,15H,2-4,11H2,1H3/t15-/m0/s1. The number of sulfone groups is 1. The first kappa shape index (κ1) is 19.4. The van der Waals surface area contributed by atoms with Crippen molar-refractivity contribution in [2.24, 2.45) is 7.05 Å². The molecule has 0 spiro atoms. The second kappa shape index (κ2) is 6.99. The van der Waals surface area contributed by atoms with Gasteiger partial charge in [-0.15, -0.1) is 0 Å². The summed E-state index contributed by atoms with van der Waals surface area (Å²) in [5.41, 5.74) is -4.36. The van der Waals surface area contributed by atoms with E-state index in [0.29, 0.717) is 6.54 Å². The van der Waals surface area contributed by atoms with Gasteiger partial charge in [0.05, 0.1) is 16.6 Å². The van der Waals surface area contributed by atoms with Gasteiger partial charge < -0.3 is 4.90 Å². The van der Waals surface area contributed by atoms with Crippen LogP contribution in [-0.2, 0) is 16.9 Å². The van der Waals surface area contributed by atoms with E-state index in [1.54, 1.807) is 22.8 Å². The van der Waals surface area contributed by atoms with Gasteiger partial charge in [-0.05, 0) is 49.6 Å². The van der Waals surface area contributed by atoms with Crippen LogP contribution in [0.2, 0.25) is 0 Å². The number of amides is 1. The topological polar surface area (TPSA) is 72.3 Å². The minimum absolute atomic E-state index is 0.144. The molecule has 0 unspecified atom stereocenters. The Bertz CT molecular complexity index is 936. The molecule has 0 radical (unpaired) electrons. The molecule has 6 nitrogen and oxygen atoms in total. The molecule has 0 bridgehead atoms. The van der Waals surface area contributed by atoms with Crippen LogP contribution in [-0.4, -0.2) is 41.1 Å². The highest BCUT2D eigenvalue weighted by Gasteiger charge is 2.46. The summed E-state index contributed by atoms with van der Waals surface area (Å²) in [4.78, 5) is 13.7. The van der Waals surface area contributed by atoms with Gasteiger partial charge in [0.15, 0.2) is 0 Å². The molecule has 1 saturated heterocycles. The van der Waals surface area contributed by atoms with Crippen molar-refractivity contribution in [2.75, 3.05) is 6.54 Å². The fraction of sp³-hybridized carbons (Fsp3) is 0.412. The highest BCUT2D eigenvalue weighted by molar-refractivity contribution is 7.92. The van der Waals surface area contributed by atoms with Crippen molar-refractivity contribution < 1.29 is 26.4 Å². The zero-order valence-electron chi connectivity index (χ0n) is 14.5. The summed E-state index contributed by atoms with van der Waals surface area (Å²) < 4.78 is 62.5. The molecule has 0 aliphatic carbocycles. The summed E-state index contributed by atoms with van der Waals surface area (Å²) in [5, 5.41) is 4.13. The van der Waals surface area contributed by atoms with E-state index in [1.807, 2.05) is 6.07 Å². The summed E-state index contributed by atoms with van der Waals surface area (Å²) >= 11 is 0. The van der Waals surface area contributed by atoms with E-state index >= 15 is 0 Å². The number of aromatic nitrogens is 2. The Labute approximate surface area is 154 Å². The summed E-state index contributed by atoms with van der Waals surface area (Å²) in [7, 11) is -3.65. The van der Waals surface area contributed by atoms with Crippen molar-refractivity contribution in [1.82, 2.24) is 14.7 Å². The Morgan fingerprint density at radius 3 is 2.37 bits per heavy atom. The first-order valence-corrected chi connectivity index (χ1v) is 9.81. The molecule has 1 atom stereocenters. The minimum atomic E-state index is -5.43. The maximum absolute atomic E-state index is 12.9. The lowest BCUT2D eigenvalue weighted by atomic mass is 9.98. The largest absolute Gasteiger partial charge is 0.501 e. The Morgan fingerprint density at radius 1 is 1.15 bits per heavy atom. The molecule has 1 aromatic heterocycles. The highest BCUT2D eigenvalue weighted by atomic mass is 32.2. The second-order valence-corrected chi connectivity index (χ2v) is 8.30. The molecule has 146 valence electrons. The number of benzene rings is 1. The van der Waals surface area contributed by atoms with Crippen LogP contribution in [0.4, 0.5) is 13.2 Å². The highest BCUT2D eigenvalue weighted by Crippen LogP contribution is 2.33. The van der Waals surface area contributed by atoms with Crippen LogP contribution in [0, 0.1) is 0 Å². The van der Waals surface area contributed by atoms with Gasteiger partial charge in [0.1, 0.15) is 0 Å². The van der Waals surface area contributed by atoms with E-state index in [-0.39, 0.29) is 17.5 Å². The van der Waals surface area contributed by atoms with Gasteiger partial charge in [0, 0.05) is 25.4 Å². The molecule has 3 rings (SSSR count).